The zero-order valence-electron chi connectivity index (χ0n) is 11.4. The number of hydrogen-bond donors (Lipinski definition) is 2. The van der Waals surface area contributed by atoms with Crippen LogP contribution in [0, 0.1) is 0 Å². The Kier molecular flexibility index (Phi) is 4.70. The van der Waals surface area contributed by atoms with E-state index in [1.165, 1.54) is 0 Å². The van der Waals surface area contributed by atoms with Gasteiger partial charge in [0, 0.05) is 5.56 Å². The Morgan fingerprint density at radius 1 is 0.909 bits per heavy atom. The molecule has 0 aliphatic rings. The van der Waals surface area contributed by atoms with Crippen molar-refractivity contribution in [3.05, 3.63) is 60.7 Å². The summed E-state index contributed by atoms with van der Waals surface area (Å²) in [6.45, 7) is 0. The van der Waals surface area contributed by atoms with Crippen LogP contribution < -0.4 is 0 Å². The van der Waals surface area contributed by atoms with Crippen molar-refractivity contribution in [3.63, 3.8) is 0 Å². The summed E-state index contributed by atoms with van der Waals surface area (Å²) in [5, 5.41) is 0.175. The van der Waals surface area contributed by atoms with Gasteiger partial charge in [0.25, 0.3) is 0 Å². The van der Waals surface area contributed by atoms with E-state index < -0.39 is 9.84 Å². The Morgan fingerprint density at radius 3 is 2.05 bits per heavy atom. The van der Waals surface area contributed by atoms with E-state index >= 15 is 0 Å². The lowest BCUT2D eigenvalue weighted by Gasteiger charge is -2.02. The van der Waals surface area contributed by atoms with Gasteiger partial charge in [0.1, 0.15) is 10.9 Å². The molecule has 114 valence electrons. The van der Waals surface area contributed by atoms with Gasteiger partial charge in [-0.3, -0.25) is 0 Å². The molecule has 0 atom stereocenters. The van der Waals surface area contributed by atoms with E-state index in [0.717, 1.165) is 5.56 Å². The first-order valence-corrected chi connectivity index (χ1v) is 8.16. The molecule has 22 heavy (non-hydrogen) atoms. The van der Waals surface area contributed by atoms with Gasteiger partial charge < -0.3 is 10.5 Å². The summed E-state index contributed by atoms with van der Waals surface area (Å²) in [6.07, 6.45) is 0. The number of hydrogen-bond acceptors (Lipinski definition) is 4. The highest BCUT2D eigenvalue weighted by atomic mass is 32.2. The van der Waals surface area contributed by atoms with Crippen LogP contribution in [0.4, 0.5) is 0 Å². The molecule has 1 aromatic heterocycles. The van der Waals surface area contributed by atoms with Gasteiger partial charge in [-0.2, -0.15) is 0 Å². The second-order valence-electron chi connectivity index (χ2n) is 4.42. The quantitative estimate of drug-likeness (QED) is 0.720. The minimum Gasteiger partial charge on any atom is -0.412 e. The number of benzene rings is 2. The lowest BCUT2D eigenvalue weighted by molar-refractivity contribution is 0.590. The van der Waals surface area contributed by atoms with Crippen LogP contribution in [0.15, 0.2) is 75.6 Å². The molecule has 0 fully saturated rings. The molecule has 3 rings (SSSR count). The molecule has 0 unspecified atom stereocenters. The highest BCUT2D eigenvalue weighted by Crippen LogP contribution is 2.27. The van der Waals surface area contributed by atoms with Crippen LogP contribution in [0.25, 0.3) is 11.4 Å². The van der Waals surface area contributed by atoms with Gasteiger partial charge in [-0.25, -0.2) is 13.4 Å². The molecule has 0 bridgehead atoms. The van der Waals surface area contributed by atoms with Crippen molar-refractivity contribution in [1.29, 1.82) is 0 Å². The average molecular weight is 334 g/mol. The third-order valence-electron chi connectivity index (χ3n) is 3.02. The molecular formula is C15H14N2O3S2. The van der Waals surface area contributed by atoms with Crippen molar-refractivity contribution in [2.24, 2.45) is 0 Å². The zero-order valence-corrected chi connectivity index (χ0v) is 13.1. The maximum atomic E-state index is 12.6. The molecule has 0 spiro atoms. The van der Waals surface area contributed by atoms with Gasteiger partial charge in [-0.1, -0.05) is 48.5 Å². The first-order chi connectivity index (χ1) is 10.1. The molecule has 0 amide bonds. The predicted octanol–water partition coefficient (Wildman–Crippen LogP) is 2.37. The van der Waals surface area contributed by atoms with Crippen LogP contribution in [0.3, 0.4) is 0 Å². The fraction of sp³-hybridized carbons (Fsp3) is 0. The SMILES string of the molecule is O.O=S(=O)(c1ccccc1)c1[nH]c(-c2ccccc2)nc1S. The number of imidazole rings is 1. The van der Waals surface area contributed by atoms with Crippen molar-refractivity contribution >= 4 is 22.5 Å². The Balaban J connectivity index is 0.00000176. The largest absolute Gasteiger partial charge is 0.412 e. The predicted molar refractivity (Wildman–Crippen MR) is 86.8 cm³/mol. The van der Waals surface area contributed by atoms with Crippen LogP contribution in [-0.2, 0) is 9.84 Å². The highest BCUT2D eigenvalue weighted by Gasteiger charge is 2.24. The van der Waals surface area contributed by atoms with Gasteiger partial charge in [0.15, 0.2) is 5.03 Å². The summed E-state index contributed by atoms with van der Waals surface area (Å²) in [5.74, 6) is 0.482. The fourth-order valence-corrected chi connectivity index (χ4v) is 3.77. The summed E-state index contributed by atoms with van der Waals surface area (Å²) >= 11 is 4.19. The molecular weight excluding hydrogens is 320 g/mol. The molecule has 7 heteroatoms. The second-order valence-corrected chi connectivity index (χ2v) is 6.73. The number of sulfone groups is 1. The molecule has 0 saturated heterocycles. The van der Waals surface area contributed by atoms with Gasteiger partial charge in [-0.05, 0) is 12.1 Å². The van der Waals surface area contributed by atoms with E-state index in [0.29, 0.717) is 5.82 Å². The van der Waals surface area contributed by atoms with Gasteiger partial charge >= 0.3 is 0 Å². The van der Waals surface area contributed by atoms with Crippen LogP contribution >= 0.6 is 12.6 Å². The van der Waals surface area contributed by atoms with Gasteiger partial charge in [0.2, 0.25) is 9.84 Å². The lowest BCUT2D eigenvalue weighted by atomic mass is 10.2. The molecule has 0 saturated carbocycles. The normalized spacial score (nSPS) is 11.0. The van der Waals surface area contributed by atoms with Gasteiger partial charge in [-0.15, -0.1) is 12.6 Å². The van der Waals surface area contributed by atoms with Crippen LogP contribution in [-0.4, -0.2) is 23.9 Å². The Morgan fingerprint density at radius 2 is 1.45 bits per heavy atom. The Bertz CT molecular complexity index is 860. The monoisotopic (exact) mass is 334 g/mol. The molecule has 0 aliphatic carbocycles. The first-order valence-electron chi connectivity index (χ1n) is 6.23. The zero-order chi connectivity index (χ0) is 14.9. The van der Waals surface area contributed by atoms with Crippen molar-refractivity contribution in [2.75, 3.05) is 0 Å². The smallest absolute Gasteiger partial charge is 0.224 e. The van der Waals surface area contributed by atoms with Crippen molar-refractivity contribution in [3.8, 4) is 11.4 Å². The van der Waals surface area contributed by atoms with E-state index in [1.54, 1.807) is 30.3 Å². The second kappa shape index (κ2) is 6.35. The molecule has 3 N–H and O–H groups in total. The summed E-state index contributed by atoms with van der Waals surface area (Å²) in [4.78, 5) is 7.27. The Labute approximate surface area is 133 Å². The average Bonchev–Trinajstić information content (AvgIpc) is 2.92. The number of H-pyrrole nitrogens is 1. The summed E-state index contributed by atoms with van der Waals surface area (Å²) in [6, 6.07) is 17.5. The molecule has 5 nitrogen and oxygen atoms in total. The maximum absolute atomic E-state index is 12.6. The van der Waals surface area contributed by atoms with E-state index in [9.17, 15) is 8.42 Å². The summed E-state index contributed by atoms with van der Waals surface area (Å²) in [5.41, 5.74) is 0.808. The van der Waals surface area contributed by atoms with Crippen LogP contribution in [0.2, 0.25) is 0 Å². The molecule has 0 radical (unpaired) electrons. The molecule has 1 heterocycles. The summed E-state index contributed by atoms with van der Waals surface area (Å²) < 4.78 is 25.2. The third kappa shape index (κ3) is 2.92. The minimum atomic E-state index is -3.65. The van der Waals surface area contributed by atoms with E-state index in [4.69, 9.17) is 0 Å². The van der Waals surface area contributed by atoms with E-state index in [-0.39, 0.29) is 20.4 Å². The van der Waals surface area contributed by atoms with Crippen molar-refractivity contribution in [2.45, 2.75) is 14.9 Å². The van der Waals surface area contributed by atoms with Crippen LogP contribution in [0.1, 0.15) is 0 Å². The molecule has 0 aliphatic heterocycles. The number of aromatic amines is 1. The first kappa shape index (κ1) is 16.3. The third-order valence-corrected chi connectivity index (χ3v) is 5.22. The van der Waals surface area contributed by atoms with Crippen molar-refractivity contribution < 1.29 is 13.9 Å². The minimum absolute atomic E-state index is 0. The topological polar surface area (TPSA) is 94.3 Å². The van der Waals surface area contributed by atoms with E-state index in [2.05, 4.69) is 22.6 Å². The number of nitrogens with zero attached hydrogens (tertiary/aromatic N) is 1. The standard InChI is InChI=1S/C15H12N2O2S2.H2O/c18-21(19,12-9-5-2-6-10-12)15-14(20)16-13(17-15)11-7-3-1-4-8-11;/h1-10,20H,(H,16,17);1H2. The van der Waals surface area contributed by atoms with Gasteiger partial charge in [0.05, 0.1) is 4.90 Å². The number of nitrogens with one attached hydrogen (secondary N) is 1. The fourth-order valence-electron chi connectivity index (χ4n) is 1.99. The number of rotatable bonds is 3. The lowest BCUT2D eigenvalue weighted by Crippen LogP contribution is -2.03. The van der Waals surface area contributed by atoms with E-state index in [1.807, 2.05) is 30.3 Å². The number of thiol groups is 1. The molecule has 2 aromatic carbocycles. The number of aromatic nitrogens is 2. The summed E-state index contributed by atoms with van der Waals surface area (Å²) in [7, 11) is -3.65. The highest BCUT2D eigenvalue weighted by molar-refractivity contribution is 7.92. The molecule has 3 aromatic rings. The van der Waals surface area contributed by atoms with Crippen molar-refractivity contribution in [1.82, 2.24) is 9.97 Å². The Hall–Kier alpha value is -2.09. The van der Waals surface area contributed by atoms with Crippen LogP contribution in [0.5, 0.6) is 0 Å². The maximum Gasteiger partial charge on any atom is 0.224 e.